The normalized spacial score (nSPS) is 23.7. The van der Waals surface area contributed by atoms with Gasteiger partial charge in [-0.05, 0) is 74.2 Å². The Hall–Kier alpha value is -5.98. The Morgan fingerprint density at radius 3 is 1.60 bits per heavy atom. The number of ether oxygens (including phenoxy) is 2. The van der Waals surface area contributed by atoms with Crippen LogP contribution in [0.2, 0.25) is 0 Å². The van der Waals surface area contributed by atoms with E-state index in [0.717, 1.165) is 55.0 Å². The molecule has 4 aromatic carbocycles. The molecule has 0 fully saturated rings. The van der Waals surface area contributed by atoms with Crippen LogP contribution < -0.4 is 9.47 Å². The number of hydrogen-bond donors (Lipinski definition) is 2. The second kappa shape index (κ2) is 14.3. The summed E-state index contributed by atoms with van der Waals surface area (Å²) in [5.74, 6) is -22.0. The van der Waals surface area contributed by atoms with E-state index in [1.807, 2.05) is 6.92 Å². The van der Waals surface area contributed by atoms with Crippen LogP contribution in [0.4, 0.5) is 55.3 Å². The smallest absolute Gasteiger partial charge is 0.346 e. The summed E-state index contributed by atoms with van der Waals surface area (Å²) in [4.78, 5) is 23.0. The molecule has 18 heteroatoms. The first-order chi connectivity index (χ1) is 28.1. The number of Topliss-reactive ketones (excluding diaryl/α,β-unsaturated/α-hetero) is 1. The number of rotatable bonds is 7. The molecule has 8 nitrogen and oxygen atoms in total. The lowest BCUT2D eigenvalue weighted by Gasteiger charge is -2.36. The van der Waals surface area contributed by atoms with Gasteiger partial charge in [-0.2, -0.15) is 35.1 Å². The van der Waals surface area contributed by atoms with E-state index in [0.29, 0.717) is 19.0 Å². The quantitative estimate of drug-likeness (QED) is 0.110. The highest BCUT2D eigenvalue weighted by atomic mass is 19.3. The number of unbranched alkanes of at least 4 members (excludes halogenated alkanes) is 1. The molecule has 60 heavy (non-hydrogen) atoms. The largest absolute Gasteiger partial charge is 0.458 e. The standard InChI is InChI=1S/C23H19F5N2O2.C19H10F5NO3/c1-3-4-9-30-17-7-8-21(31)20-16(22(25,26)23(21,27)28)5-6-18(19(17)20)32-15-11-13(24)10-14(12-15)29-2;1-25-10-6-9(20)7-11(8-10)28-14-3-2-12-16-15(14)13(26)4-5-17(16,27)19(23,24)18(12,21)22/h5-6,10-12,31H,3-4,7-9H2,1H3;2-3,6-8,27H,4-5H2. The van der Waals surface area contributed by atoms with E-state index in [4.69, 9.17) is 22.6 Å². The van der Waals surface area contributed by atoms with Gasteiger partial charge in [-0.25, -0.2) is 18.5 Å². The first-order valence-electron chi connectivity index (χ1n) is 18.2. The third-order valence-corrected chi connectivity index (χ3v) is 10.9. The first-order valence-corrected chi connectivity index (χ1v) is 18.2. The number of hydrogen-bond acceptors (Lipinski definition) is 6. The SMILES string of the molecule is [C-]#[N+]c1cc(F)cc(Oc2ccc3c4c2C(=NCCCC)CCC4(O)C(F)(F)C3(F)F)c1.[C-]#[N+]c1cc(F)cc(Oc2ccc3c4c2C(=O)CCC4(O)C(F)(F)C3(F)F)c1. The third kappa shape index (κ3) is 6.10. The third-order valence-electron chi connectivity index (χ3n) is 10.9. The number of ketones is 1. The highest BCUT2D eigenvalue weighted by Crippen LogP contribution is 2.66. The van der Waals surface area contributed by atoms with Crippen LogP contribution in [0.3, 0.4) is 0 Å². The Bertz CT molecular complexity index is 2580. The summed E-state index contributed by atoms with van der Waals surface area (Å²) in [5, 5.41) is 21.3. The van der Waals surface area contributed by atoms with Crippen LogP contribution >= 0.6 is 0 Å². The van der Waals surface area contributed by atoms with Gasteiger partial charge < -0.3 is 19.7 Å². The number of benzene rings is 4. The molecule has 0 saturated carbocycles. The molecule has 0 heterocycles. The summed E-state index contributed by atoms with van der Waals surface area (Å²) in [6.45, 7) is 16.3. The number of aliphatic hydroxyl groups is 2. The fraction of sp³-hybridized carbons (Fsp3) is 0.333. The Morgan fingerprint density at radius 1 is 0.683 bits per heavy atom. The average Bonchev–Trinajstić information content (AvgIpc) is 3.39. The van der Waals surface area contributed by atoms with Crippen molar-refractivity contribution < 1.29 is 68.4 Å². The van der Waals surface area contributed by atoms with Gasteiger partial charge in [-0.3, -0.25) is 9.79 Å². The minimum Gasteiger partial charge on any atom is -0.458 e. The maximum Gasteiger partial charge on any atom is 0.346 e. The van der Waals surface area contributed by atoms with Crippen LogP contribution in [0.15, 0.2) is 65.7 Å². The molecule has 0 saturated heterocycles. The van der Waals surface area contributed by atoms with Crippen molar-refractivity contribution >= 4 is 22.9 Å². The summed E-state index contributed by atoms with van der Waals surface area (Å²) < 4.78 is 155. The zero-order chi connectivity index (χ0) is 43.8. The van der Waals surface area contributed by atoms with Gasteiger partial charge in [0.25, 0.3) is 0 Å². The molecule has 0 aromatic heterocycles. The van der Waals surface area contributed by atoms with Crippen LogP contribution in [0.25, 0.3) is 9.69 Å². The lowest BCUT2D eigenvalue weighted by atomic mass is 9.77. The highest BCUT2D eigenvalue weighted by Gasteiger charge is 2.78. The monoisotopic (exact) mass is 845 g/mol. The van der Waals surface area contributed by atoms with Gasteiger partial charge >= 0.3 is 23.7 Å². The van der Waals surface area contributed by atoms with E-state index in [2.05, 4.69) is 14.7 Å². The summed E-state index contributed by atoms with van der Waals surface area (Å²) in [5.41, 5.74) is -10.5. The van der Waals surface area contributed by atoms with Gasteiger partial charge in [-0.15, -0.1) is 0 Å². The van der Waals surface area contributed by atoms with E-state index in [9.17, 15) is 58.9 Å². The molecule has 2 atom stereocenters. The molecule has 2 unspecified atom stereocenters. The van der Waals surface area contributed by atoms with Gasteiger partial charge in [0.2, 0.25) is 0 Å². The van der Waals surface area contributed by atoms with Crippen molar-refractivity contribution in [1.82, 2.24) is 0 Å². The average molecular weight is 846 g/mol. The van der Waals surface area contributed by atoms with E-state index in [1.54, 1.807) is 0 Å². The van der Waals surface area contributed by atoms with Crippen molar-refractivity contribution in [2.24, 2.45) is 4.99 Å². The van der Waals surface area contributed by atoms with Gasteiger partial charge in [0.15, 0.2) is 28.4 Å². The molecular formula is C42H29F10N3O5. The highest BCUT2D eigenvalue weighted by molar-refractivity contribution is 6.06. The molecule has 4 aliphatic carbocycles. The number of aliphatic imine (C=N–C) groups is 1. The van der Waals surface area contributed by atoms with Crippen molar-refractivity contribution in [2.75, 3.05) is 6.54 Å². The summed E-state index contributed by atoms with van der Waals surface area (Å²) in [6, 6.07) is 9.61. The Balaban J connectivity index is 0.000000183. The first kappa shape index (κ1) is 42.2. The molecule has 4 aromatic rings. The number of alkyl halides is 8. The van der Waals surface area contributed by atoms with Crippen LogP contribution in [-0.2, 0) is 23.0 Å². The molecule has 0 spiro atoms. The van der Waals surface area contributed by atoms with Crippen molar-refractivity contribution in [3.8, 4) is 23.0 Å². The lowest BCUT2D eigenvalue weighted by molar-refractivity contribution is -0.287. The van der Waals surface area contributed by atoms with E-state index >= 15 is 0 Å². The fourth-order valence-corrected chi connectivity index (χ4v) is 7.99. The molecule has 4 aliphatic rings. The van der Waals surface area contributed by atoms with E-state index in [-0.39, 0.29) is 52.1 Å². The summed E-state index contributed by atoms with van der Waals surface area (Å²) in [7, 11) is 0. The zero-order valence-corrected chi connectivity index (χ0v) is 31.0. The number of carbonyl (C=O) groups excluding carboxylic acids is 1. The van der Waals surface area contributed by atoms with Gasteiger partial charge in [-0.1, -0.05) is 13.3 Å². The van der Waals surface area contributed by atoms with Crippen molar-refractivity contribution in [3.63, 3.8) is 0 Å². The van der Waals surface area contributed by atoms with Crippen molar-refractivity contribution in [3.05, 3.63) is 129 Å². The van der Waals surface area contributed by atoms with Crippen molar-refractivity contribution in [2.45, 2.75) is 80.3 Å². The Kier molecular flexibility index (Phi) is 10.1. The maximum atomic E-state index is 14.8. The van der Waals surface area contributed by atoms with E-state index < -0.39 is 99.4 Å². The van der Waals surface area contributed by atoms with Crippen LogP contribution in [0.1, 0.15) is 83.6 Å². The molecule has 0 bridgehead atoms. The van der Waals surface area contributed by atoms with Gasteiger partial charge in [0.05, 0.1) is 18.7 Å². The Labute approximate surface area is 334 Å². The van der Waals surface area contributed by atoms with Gasteiger partial charge in [0, 0.05) is 58.6 Å². The predicted molar refractivity (Wildman–Crippen MR) is 193 cm³/mol. The van der Waals surface area contributed by atoms with Crippen LogP contribution in [-0.4, -0.2) is 40.1 Å². The minimum atomic E-state index is -4.81. The topological polar surface area (TPSA) is 97.1 Å². The Morgan fingerprint density at radius 2 is 1.13 bits per heavy atom. The molecule has 312 valence electrons. The van der Waals surface area contributed by atoms with Crippen molar-refractivity contribution in [1.29, 1.82) is 0 Å². The number of halogens is 10. The predicted octanol–water partition coefficient (Wildman–Crippen LogP) is 11.6. The van der Waals surface area contributed by atoms with E-state index in [1.165, 1.54) is 6.07 Å². The zero-order valence-electron chi connectivity index (χ0n) is 31.0. The fourth-order valence-electron chi connectivity index (χ4n) is 7.99. The number of nitrogens with zero attached hydrogens (tertiary/aromatic N) is 3. The molecule has 0 aliphatic heterocycles. The minimum absolute atomic E-state index is 0.0544. The van der Waals surface area contributed by atoms with Gasteiger partial charge in [0.1, 0.15) is 34.6 Å². The molecule has 8 rings (SSSR count). The summed E-state index contributed by atoms with van der Waals surface area (Å²) >= 11 is 0. The molecule has 2 N–H and O–H groups in total. The van der Waals surface area contributed by atoms with Crippen LogP contribution in [0.5, 0.6) is 23.0 Å². The molecule has 0 radical (unpaired) electrons. The second-order valence-corrected chi connectivity index (χ2v) is 14.6. The van der Waals surface area contributed by atoms with Crippen LogP contribution in [0, 0.1) is 24.8 Å². The molecular weight excluding hydrogens is 816 g/mol. The second-order valence-electron chi connectivity index (χ2n) is 14.6. The maximum absolute atomic E-state index is 14.8. The molecule has 0 amide bonds. The summed E-state index contributed by atoms with van der Waals surface area (Å²) in [6.07, 6.45) is -0.717. The lowest BCUT2D eigenvalue weighted by Crippen LogP contribution is -2.50. The number of carbonyl (C=O) groups is 1.